The van der Waals surface area contributed by atoms with E-state index in [4.69, 9.17) is 9.47 Å². The van der Waals surface area contributed by atoms with Gasteiger partial charge in [0, 0.05) is 17.1 Å². The first-order valence-electron chi connectivity index (χ1n) is 13.5. The van der Waals surface area contributed by atoms with E-state index < -0.39 is 12.1 Å². The van der Waals surface area contributed by atoms with E-state index in [0.29, 0.717) is 12.8 Å². The number of nitrogens with zero attached hydrogens (tertiary/aromatic N) is 1. The maximum atomic E-state index is 13.1. The van der Waals surface area contributed by atoms with Crippen LogP contribution in [0.5, 0.6) is 0 Å². The summed E-state index contributed by atoms with van der Waals surface area (Å²) in [6.45, 7) is 6.31. The molecular formula is C33H36N2O4. The number of ether oxygens (including phenoxy) is 2. The molecule has 6 heteroatoms. The van der Waals surface area contributed by atoms with Crippen LogP contribution in [0.25, 0.3) is 22.0 Å². The lowest BCUT2D eigenvalue weighted by atomic mass is 9.98. The third-order valence-electron chi connectivity index (χ3n) is 6.51. The van der Waals surface area contributed by atoms with Gasteiger partial charge in [-0.15, -0.1) is 0 Å². The van der Waals surface area contributed by atoms with Crippen LogP contribution in [0.1, 0.15) is 38.3 Å². The molecule has 0 amide bonds. The van der Waals surface area contributed by atoms with E-state index in [1.807, 2.05) is 98.9 Å². The summed E-state index contributed by atoms with van der Waals surface area (Å²) >= 11 is 0. The summed E-state index contributed by atoms with van der Waals surface area (Å²) in [6.07, 6.45) is 2.80. The first-order chi connectivity index (χ1) is 18.9. The van der Waals surface area contributed by atoms with Crippen LogP contribution in [0.3, 0.4) is 0 Å². The minimum atomic E-state index is -0.689. The third kappa shape index (κ3) is 7.98. The van der Waals surface area contributed by atoms with Gasteiger partial charge >= 0.3 is 11.9 Å². The van der Waals surface area contributed by atoms with Gasteiger partial charge in [-0.05, 0) is 54.5 Å². The smallest absolute Gasteiger partial charge is 0.323 e. The summed E-state index contributed by atoms with van der Waals surface area (Å²) in [5.41, 5.74) is 4.90. The van der Waals surface area contributed by atoms with E-state index >= 15 is 0 Å². The summed E-state index contributed by atoms with van der Waals surface area (Å²) in [4.78, 5) is 30.6. The Bertz CT molecular complexity index is 1370. The van der Waals surface area contributed by atoms with Gasteiger partial charge < -0.3 is 9.47 Å². The van der Waals surface area contributed by atoms with Gasteiger partial charge in [0.15, 0.2) is 0 Å². The normalized spacial score (nSPS) is 12.7. The lowest BCUT2D eigenvalue weighted by Gasteiger charge is -2.25. The maximum absolute atomic E-state index is 13.1. The highest BCUT2D eigenvalue weighted by molar-refractivity contribution is 5.83. The Morgan fingerprint density at radius 1 is 0.795 bits per heavy atom. The van der Waals surface area contributed by atoms with Crippen LogP contribution in [0.15, 0.2) is 91.1 Å². The maximum Gasteiger partial charge on any atom is 0.323 e. The largest absolute Gasteiger partial charge is 0.465 e. The molecule has 0 saturated heterocycles. The molecule has 0 radical (unpaired) electrons. The van der Waals surface area contributed by atoms with E-state index in [0.717, 1.165) is 33.2 Å². The van der Waals surface area contributed by atoms with Crippen LogP contribution >= 0.6 is 0 Å². The van der Waals surface area contributed by atoms with Crippen molar-refractivity contribution < 1.29 is 19.1 Å². The van der Waals surface area contributed by atoms with Gasteiger partial charge in [0.2, 0.25) is 0 Å². The van der Waals surface area contributed by atoms with Crippen LogP contribution in [0, 0.1) is 5.92 Å². The van der Waals surface area contributed by atoms with E-state index in [-0.39, 0.29) is 31.1 Å². The monoisotopic (exact) mass is 524 g/mol. The molecule has 4 rings (SSSR count). The topological polar surface area (TPSA) is 77.5 Å². The average molecular weight is 525 g/mol. The predicted octanol–water partition coefficient (Wildman–Crippen LogP) is 6.12. The highest BCUT2D eigenvalue weighted by Gasteiger charge is 2.29. The fourth-order valence-corrected chi connectivity index (χ4v) is 4.53. The predicted molar refractivity (Wildman–Crippen MR) is 154 cm³/mol. The number of aromatic nitrogens is 1. The van der Waals surface area contributed by atoms with E-state index in [2.05, 4.69) is 16.4 Å². The van der Waals surface area contributed by atoms with Crippen molar-refractivity contribution in [2.24, 2.45) is 5.92 Å². The van der Waals surface area contributed by atoms with Crippen molar-refractivity contribution in [3.05, 3.63) is 102 Å². The van der Waals surface area contributed by atoms with Crippen molar-refractivity contribution in [3.63, 3.8) is 0 Å². The summed E-state index contributed by atoms with van der Waals surface area (Å²) in [5, 5.41) is 4.35. The van der Waals surface area contributed by atoms with Gasteiger partial charge in [0.1, 0.15) is 18.7 Å². The molecule has 0 fully saturated rings. The summed E-state index contributed by atoms with van der Waals surface area (Å²) in [5.74, 6) is -0.532. The molecule has 202 valence electrons. The average Bonchev–Trinajstić information content (AvgIpc) is 2.95. The molecule has 3 aromatic carbocycles. The number of nitrogens with one attached hydrogen (secondary N) is 1. The fourth-order valence-electron chi connectivity index (χ4n) is 4.53. The van der Waals surface area contributed by atoms with Crippen LogP contribution in [-0.4, -0.2) is 35.6 Å². The van der Waals surface area contributed by atoms with E-state index in [1.54, 1.807) is 6.92 Å². The van der Waals surface area contributed by atoms with Gasteiger partial charge in [-0.3, -0.25) is 19.9 Å². The molecule has 0 saturated carbocycles. The minimum Gasteiger partial charge on any atom is -0.465 e. The third-order valence-corrected chi connectivity index (χ3v) is 6.51. The number of carbonyl (C=O) groups is 2. The number of hydrogen-bond donors (Lipinski definition) is 1. The van der Waals surface area contributed by atoms with Crippen LogP contribution in [0.4, 0.5) is 0 Å². The molecule has 0 aliphatic rings. The van der Waals surface area contributed by atoms with Crippen molar-refractivity contribution in [2.45, 2.75) is 52.3 Å². The Hall–Kier alpha value is -4.03. The van der Waals surface area contributed by atoms with Crippen LogP contribution in [-0.2, 0) is 32.1 Å². The Kier molecular flexibility index (Phi) is 9.81. The minimum absolute atomic E-state index is 0.186. The highest BCUT2D eigenvalue weighted by Crippen LogP contribution is 2.23. The number of carbonyl (C=O) groups excluding carboxylic acids is 2. The zero-order valence-electron chi connectivity index (χ0n) is 22.8. The van der Waals surface area contributed by atoms with Crippen molar-refractivity contribution in [1.29, 1.82) is 0 Å². The molecule has 1 heterocycles. The molecule has 0 aliphatic heterocycles. The van der Waals surface area contributed by atoms with Crippen molar-refractivity contribution in [2.75, 3.05) is 6.61 Å². The molecule has 4 aromatic rings. The number of hydrogen-bond acceptors (Lipinski definition) is 6. The van der Waals surface area contributed by atoms with Gasteiger partial charge in [-0.2, -0.15) is 0 Å². The molecule has 6 nitrogen and oxygen atoms in total. The van der Waals surface area contributed by atoms with E-state index in [1.165, 1.54) is 0 Å². The fraction of sp³-hybridized carbons (Fsp3) is 0.303. The SMILES string of the molecule is CCOC(=O)C(Cc1ccc(-c2cnc3ccccc3c2)cc1)NC(CC(C)C)C(=O)OCc1ccccc1. The molecule has 2 atom stereocenters. The van der Waals surface area contributed by atoms with Crippen LogP contribution in [0.2, 0.25) is 0 Å². The van der Waals surface area contributed by atoms with E-state index in [9.17, 15) is 9.59 Å². The Morgan fingerprint density at radius 2 is 1.49 bits per heavy atom. The molecular weight excluding hydrogens is 488 g/mol. The number of fused-ring (bicyclic) bond motifs is 1. The number of benzene rings is 3. The van der Waals surface area contributed by atoms with Crippen LogP contribution < -0.4 is 5.32 Å². The Morgan fingerprint density at radius 3 is 2.21 bits per heavy atom. The number of esters is 2. The highest BCUT2D eigenvalue weighted by atomic mass is 16.5. The zero-order chi connectivity index (χ0) is 27.6. The molecule has 1 N–H and O–H groups in total. The molecule has 0 spiro atoms. The zero-order valence-corrected chi connectivity index (χ0v) is 22.8. The summed E-state index contributed by atoms with van der Waals surface area (Å²) in [6, 6.07) is 26.5. The second-order valence-electron chi connectivity index (χ2n) is 10.1. The Balaban J connectivity index is 1.48. The summed E-state index contributed by atoms with van der Waals surface area (Å²) < 4.78 is 11.0. The molecule has 2 unspecified atom stereocenters. The quantitative estimate of drug-likeness (QED) is 0.225. The number of rotatable bonds is 12. The van der Waals surface area contributed by atoms with Crippen molar-refractivity contribution >= 4 is 22.8 Å². The second kappa shape index (κ2) is 13.7. The standard InChI is InChI=1S/C33H36N2O4/c1-4-38-32(36)31(35-30(18-23(2)3)33(37)39-22-25-10-6-5-7-11-25)19-24-14-16-26(17-15-24)28-20-27-12-8-9-13-29(27)34-21-28/h5-17,20-21,23,30-31,35H,4,18-19,22H2,1-3H3. The molecule has 39 heavy (non-hydrogen) atoms. The Labute approximate surface area is 230 Å². The molecule has 0 bridgehead atoms. The lowest BCUT2D eigenvalue weighted by Crippen LogP contribution is -2.50. The first-order valence-corrected chi connectivity index (χ1v) is 13.5. The first kappa shape index (κ1) is 28.0. The number of para-hydroxylation sites is 1. The lowest BCUT2D eigenvalue weighted by molar-refractivity contribution is -0.150. The van der Waals surface area contributed by atoms with Gasteiger partial charge in [0.05, 0.1) is 12.1 Å². The van der Waals surface area contributed by atoms with Crippen molar-refractivity contribution in [1.82, 2.24) is 10.3 Å². The summed E-state index contributed by atoms with van der Waals surface area (Å²) in [7, 11) is 0. The molecule has 0 aliphatic carbocycles. The van der Waals surface area contributed by atoms with Gasteiger partial charge in [-0.1, -0.05) is 86.6 Å². The van der Waals surface area contributed by atoms with Gasteiger partial charge in [0.25, 0.3) is 0 Å². The van der Waals surface area contributed by atoms with Gasteiger partial charge in [-0.25, -0.2) is 0 Å². The number of pyridine rings is 1. The second-order valence-corrected chi connectivity index (χ2v) is 10.1. The molecule has 1 aromatic heterocycles. The van der Waals surface area contributed by atoms with Crippen molar-refractivity contribution in [3.8, 4) is 11.1 Å².